The van der Waals surface area contributed by atoms with E-state index in [1.807, 2.05) is 0 Å². The van der Waals surface area contributed by atoms with Gasteiger partial charge in [-0.15, -0.1) is 0 Å². The predicted octanol–water partition coefficient (Wildman–Crippen LogP) is -0.383. The molecule has 0 amide bonds. The van der Waals surface area contributed by atoms with E-state index in [-0.39, 0.29) is 35.5 Å². The summed E-state index contributed by atoms with van der Waals surface area (Å²) in [5, 5.41) is 39.2. The largest absolute Gasteiger partial charge is 0.481 e. The van der Waals surface area contributed by atoms with E-state index < -0.39 is 60.4 Å². The highest BCUT2D eigenvalue weighted by atomic mass is 16.7. The van der Waals surface area contributed by atoms with E-state index in [4.69, 9.17) is 19.3 Å². The van der Waals surface area contributed by atoms with E-state index in [1.165, 1.54) is 13.8 Å². The number of ketones is 2. The Morgan fingerprint density at radius 1 is 1.16 bits per heavy atom. The number of carboxylic acid groups (broad SMARTS) is 1. The third kappa shape index (κ3) is 5.80. The average Bonchev–Trinajstić information content (AvgIpc) is 2.67. The second kappa shape index (κ2) is 9.90. The van der Waals surface area contributed by atoms with Crippen molar-refractivity contribution in [2.45, 2.75) is 71.2 Å². The molecule has 0 aromatic heterocycles. The number of carbonyl (C=O) groups excluding carboxylic acids is 3. The number of esters is 1. The molecule has 5 atom stereocenters. The number of Topliss-reactive ketones (excluding diaryl/α,β-unsaturated/α-hetero) is 2. The first-order chi connectivity index (χ1) is 14.7. The third-order valence-electron chi connectivity index (χ3n) is 5.24. The first-order valence-electron chi connectivity index (χ1n) is 9.95. The van der Waals surface area contributed by atoms with Crippen molar-refractivity contribution in [1.29, 1.82) is 0 Å². The Balaban J connectivity index is 2.11. The molecule has 0 bridgehead atoms. The van der Waals surface area contributed by atoms with Crippen molar-refractivity contribution < 1.29 is 53.8 Å². The summed E-state index contributed by atoms with van der Waals surface area (Å²) >= 11 is 0. The minimum Gasteiger partial charge on any atom is -0.481 e. The van der Waals surface area contributed by atoms with Gasteiger partial charge in [-0.2, -0.15) is 0 Å². The van der Waals surface area contributed by atoms with Gasteiger partial charge in [0.2, 0.25) is 6.29 Å². The van der Waals surface area contributed by atoms with Crippen molar-refractivity contribution in [3.63, 3.8) is 0 Å². The highest BCUT2D eigenvalue weighted by molar-refractivity contribution is 6.12. The van der Waals surface area contributed by atoms with Crippen LogP contribution in [0.4, 0.5) is 0 Å². The van der Waals surface area contributed by atoms with Crippen LogP contribution >= 0.6 is 0 Å². The minimum absolute atomic E-state index is 0.0460. The molecule has 0 aromatic rings. The number of aliphatic carboxylic acids is 1. The summed E-state index contributed by atoms with van der Waals surface area (Å²) in [6.45, 7) is 5.51. The van der Waals surface area contributed by atoms with Gasteiger partial charge in [-0.05, 0) is 13.8 Å². The molecule has 0 aromatic carbocycles. The molecule has 2 rings (SSSR count). The number of hydrogen-bond acceptors (Lipinski definition) is 10. The van der Waals surface area contributed by atoms with Crippen molar-refractivity contribution in [2.75, 3.05) is 6.61 Å². The minimum atomic E-state index is -1.76. The Labute approximate surface area is 184 Å². The highest BCUT2D eigenvalue weighted by Crippen LogP contribution is 2.35. The topological polar surface area (TPSA) is 177 Å². The fraction of sp³-hybridized carbons (Fsp3) is 0.619. The fourth-order valence-corrected chi connectivity index (χ4v) is 3.50. The standard InChI is InChI=1S/C21H28O11/c1-9(5-13(23)24)6-14(25)30-8-12-15(26)16(27)17(28)20(31-12)32-18-10(2)19(29)21(3,4)7-11(18)22/h6,12,15-17,20,26-28H,5,7-8H2,1-4H3,(H,23,24)/b9-6-/t12-,15-,16+,17-,20+/m1/s1. The van der Waals surface area contributed by atoms with Crippen LogP contribution < -0.4 is 0 Å². The van der Waals surface area contributed by atoms with E-state index in [0.29, 0.717) is 0 Å². The van der Waals surface area contributed by atoms with Crippen molar-refractivity contribution in [1.82, 2.24) is 0 Å². The second-order valence-electron chi connectivity index (χ2n) is 8.59. The van der Waals surface area contributed by atoms with E-state index in [0.717, 1.165) is 6.08 Å². The molecule has 4 N–H and O–H groups in total. The van der Waals surface area contributed by atoms with Crippen LogP contribution in [0.3, 0.4) is 0 Å². The van der Waals surface area contributed by atoms with Crippen LogP contribution in [-0.4, -0.2) is 81.2 Å². The quantitative estimate of drug-likeness (QED) is 0.290. The molecular formula is C21H28O11. The van der Waals surface area contributed by atoms with Crippen LogP contribution in [-0.2, 0) is 33.4 Å². The molecule has 178 valence electrons. The van der Waals surface area contributed by atoms with Gasteiger partial charge in [0.05, 0.1) is 6.42 Å². The lowest BCUT2D eigenvalue weighted by Crippen LogP contribution is -2.59. The Morgan fingerprint density at radius 3 is 2.38 bits per heavy atom. The molecule has 11 heteroatoms. The monoisotopic (exact) mass is 456 g/mol. The number of hydrogen-bond donors (Lipinski definition) is 4. The van der Waals surface area contributed by atoms with Gasteiger partial charge in [0.25, 0.3) is 0 Å². The van der Waals surface area contributed by atoms with E-state index in [9.17, 15) is 34.5 Å². The zero-order valence-electron chi connectivity index (χ0n) is 18.2. The lowest BCUT2D eigenvalue weighted by atomic mass is 9.75. The van der Waals surface area contributed by atoms with Crippen molar-refractivity contribution in [3.05, 3.63) is 23.0 Å². The second-order valence-corrected chi connectivity index (χ2v) is 8.59. The summed E-state index contributed by atoms with van der Waals surface area (Å²) in [7, 11) is 0. The lowest BCUT2D eigenvalue weighted by Gasteiger charge is -2.41. The molecule has 1 fully saturated rings. The molecule has 0 radical (unpaired) electrons. The molecule has 1 aliphatic carbocycles. The highest BCUT2D eigenvalue weighted by Gasteiger charge is 2.47. The summed E-state index contributed by atoms with van der Waals surface area (Å²) in [5.41, 5.74) is -0.626. The first-order valence-corrected chi connectivity index (χ1v) is 9.95. The van der Waals surface area contributed by atoms with Gasteiger partial charge in [0.15, 0.2) is 17.3 Å². The summed E-state index contributed by atoms with van der Waals surface area (Å²) in [6, 6.07) is 0. The normalized spacial score (nSPS) is 30.8. The Kier molecular flexibility index (Phi) is 7.94. The molecule has 11 nitrogen and oxygen atoms in total. The number of rotatable bonds is 7. The number of allylic oxidation sites excluding steroid dienone is 2. The molecule has 0 saturated carbocycles. The molecule has 2 aliphatic rings. The van der Waals surface area contributed by atoms with Gasteiger partial charge >= 0.3 is 11.9 Å². The van der Waals surface area contributed by atoms with Crippen LogP contribution in [0.1, 0.15) is 40.5 Å². The summed E-state index contributed by atoms with van der Waals surface area (Å²) in [6.07, 6.45) is -7.64. The molecule has 1 aliphatic heterocycles. The maximum atomic E-state index is 12.5. The molecule has 0 spiro atoms. The Hall–Kier alpha value is -2.60. The van der Waals surface area contributed by atoms with E-state index in [1.54, 1.807) is 13.8 Å². The Morgan fingerprint density at radius 2 is 1.78 bits per heavy atom. The average molecular weight is 456 g/mol. The van der Waals surface area contributed by atoms with Crippen LogP contribution in [0.15, 0.2) is 23.0 Å². The summed E-state index contributed by atoms with van der Waals surface area (Å²) in [4.78, 5) is 47.4. The van der Waals surface area contributed by atoms with Gasteiger partial charge in [-0.1, -0.05) is 19.4 Å². The van der Waals surface area contributed by atoms with Crippen molar-refractivity contribution in [3.8, 4) is 0 Å². The molecule has 32 heavy (non-hydrogen) atoms. The number of aliphatic hydroxyl groups excluding tert-OH is 3. The van der Waals surface area contributed by atoms with Gasteiger partial charge < -0.3 is 34.6 Å². The van der Waals surface area contributed by atoms with Crippen LogP contribution in [0, 0.1) is 5.41 Å². The molecule has 1 heterocycles. The zero-order chi connectivity index (χ0) is 24.4. The van der Waals surface area contributed by atoms with Gasteiger partial charge in [0, 0.05) is 23.5 Å². The predicted molar refractivity (Wildman–Crippen MR) is 106 cm³/mol. The van der Waals surface area contributed by atoms with Crippen LogP contribution in [0.5, 0.6) is 0 Å². The molecule has 1 saturated heterocycles. The Bertz CT molecular complexity index is 854. The number of carbonyl (C=O) groups is 4. The third-order valence-corrected chi connectivity index (χ3v) is 5.24. The van der Waals surface area contributed by atoms with Gasteiger partial charge in [0.1, 0.15) is 31.0 Å². The van der Waals surface area contributed by atoms with Crippen LogP contribution in [0.2, 0.25) is 0 Å². The zero-order valence-corrected chi connectivity index (χ0v) is 18.2. The summed E-state index contributed by atoms with van der Waals surface area (Å²) in [5.74, 6) is -3.12. The number of carboxylic acids is 1. The fourth-order valence-electron chi connectivity index (χ4n) is 3.50. The number of aliphatic hydroxyl groups is 3. The van der Waals surface area contributed by atoms with Gasteiger partial charge in [-0.25, -0.2) is 4.79 Å². The summed E-state index contributed by atoms with van der Waals surface area (Å²) < 4.78 is 15.8. The van der Waals surface area contributed by atoms with E-state index >= 15 is 0 Å². The lowest BCUT2D eigenvalue weighted by molar-refractivity contribution is -0.291. The van der Waals surface area contributed by atoms with Crippen LogP contribution in [0.25, 0.3) is 0 Å². The van der Waals surface area contributed by atoms with Gasteiger partial charge in [-0.3, -0.25) is 14.4 Å². The SMILES string of the molecule is CC1=C(O[C@@H]2O[C@H](COC(=O)/C=C(/C)CC(=O)O)[C@@H](O)[C@H](O)[C@H]2O)C(=O)CC(C)(C)C1=O. The smallest absolute Gasteiger partial charge is 0.330 e. The van der Waals surface area contributed by atoms with Crippen molar-refractivity contribution in [2.24, 2.45) is 5.41 Å². The van der Waals surface area contributed by atoms with Crippen molar-refractivity contribution >= 4 is 23.5 Å². The first kappa shape index (κ1) is 25.7. The molecule has 0 unspecified atom stereocenters. The maximum absolute atomic E-state index is 12.5. The van der Waals surface area contributed by atoms with E-state index in [2.05, 4.69) is 0 Å². The maximum Gasteiger partial charge on any atom is 0.330 e. The number of ether oxygens (including phenoxy) is 3. The molecular weight excluding hydrogens is 428 g/mol.